The van der Waals surface area contributed by atoms with E-state index < -0.39 is 0 Å². The quantitative estimate of drug-likeness (QED) is 0.838. The van der Waals surface area contributed by atoms with E-state index in [2.05, 4.69) is 9.30 Å². The number of rotatable bonds is 6. The van der Waals surface area contributed by atoms with Crippen LogP contribution in [0.25, 0.3) is 5.65 Å². The predicted octanol–water partition coefficient (Wildman–Crippen LogP) is 1.53. The Bertz CT molecular complexity index is 576. The summed E-state index contributed by atoms with van der Waals surface area (Å²) in [6.45, 7) is 1.54. The third-order valence-corrected chi connectivity index (χ3v) is 4.15. The first-order valence-electron chi connectivity index (χ1n) is 7.38. The van der Waals surface area contributed by atoms with E-state index in [1.165, 1.54) is 19.3 Å². The van der Waals surface area contributed by atoms with Gasteiger partial charge in [0.05, 0.1) is 5.69 Å². The molecule has 2 heterocycles. The first-order chi connectivity index (χ1) is 9.85. The zero-order valence-corrected chi connectivity index (χ0v) is 11.7. The fourth-order valence-corrected chi connectivity index (χ4v) is 2.85. The molecule has 1 fully saturated rings. The molecule has 0 bridgehead atoms. The van der Waals surface area contributed by atoms with E-state index in [-0.39, 0.29) is 6.61 Å². The van der Waals surface area contributed by atoms with Gasteiger partial charge < -0.3 is 20.1 Å². The topological polar surface area (TPSA) is 66.8 Å². The summed E-state index contributed by atoms with van der Waals surface area (Å²) in [5.41, 5.74) is 7.95. The van der Waals surface area contributed by atoms with Crippen molar-refractivity contribution in [3.8, 4) is 0 Å². The van der Waals surface area contributed by atoms with Crippen LogP contribution >= 0.6 is 0 Å². The number of imidazole rings is 1. The van der Waals surface area contributed by atoms with Crippen molar-refractivity contribution in [1.29, 1.82) is 0 Å². The first-order valence-corrected chi connectivity index (χ1v) is 7.38. The van der Waals surface area contributed by atoms with Gasteiger partial charge in [0.2, 0.25) is 0 Å². The number of nitrogens with two attached hydrogens (primary N) is 1. The molecule has 0 spiro atoms. The molecule has 0 radical (unpaired) electrons. The van der Waals surface area contributed by atoms with E-state index in [4.69, 9.17) is 15.8 Å². The highest BCUT2D eigenvalue weighted by Gasteiger charge is 2.28. The molecule has 0 amide bonds. The normalized spacial score (nSPS) is 15.5. The van der Waals surface area contributed by atoms with Crippen molar-refractivity contribution in [3.05, 3.63) is 30.1 Å². The smallest absolute Gasteiger partial charge is 0.152 e. The van der Waals surface area contributed by atoms with Gasteiger partial charge in [-0.2, -0.15) is 0 Å². The zero-order valence-electron chi connectivity index (χ0n) is 11.7. The van der Waals surface area contributed by atoms with E-state index in [0.29, 0.717) is 12.6 Å². The van der Waals surface area contributed by atoms with Crippen LogP contribution in [0.15, 0.2) is 24.4 Å². The third kappa shape index (κ3) is 2.27. The summed E-state index contributed by atoms with van der Waals surface area (Å²) < 4.78 is 2.07. The number of anilines is 1. The largest absolute Gasteiger partial charge is 0.396 e. The number of aliphatic hydroxyl groups excluding tert-OH is 1. The predicted molar refractivity (Wildman–Crippen MR) is 79.8 cm³/mol. The molecule has 0 aromatic carbocycles. The second kappa shape index (κ2) is 5.81. The Hall–Kier alpha value is -1.59. The molecule has 1 saturated carbocycles. The van der Waals surface area contributed by atoms with Gasteiger partial charge in [-0.15, -0.1) is 0 Å². The number of aromatic nitrogens is 2. The Balaban J connectivity index is 2.00. The monoisotopic (exact) mass is 274 g/mol. The van der Waals surface area contributed by atoms with Crippen molar-refractivity contribution in [2.24, 2.45) is 5.73 Å². The van der Waals surface area contributed by atoms with Crippen LogP contribution in [0.3, 0.4) is 0 Å². The Morgan fingerprint density at radius 3 is 2.90 bits per heavy atom. The summed E-state index contributed by atoms with van der Waals surface area (Å²) in [6.07, 6.45) is 6.49. The maximum Gasteiger partial charge on any atom is 0.152 e. The molecule has 20 heavy (non-hydrogen) atoms. The van der Waals surface area contributed by atoms with Gasteiger partial charge in [-0.3, -0.25) is 0 Å². The van der Waals surface area contributed by atoms with Crippen molar-refractivity contribution >= 4 is 11.5 Å². The lowest BCUT2D eigenvalue weighted by Gasteiger charge is -2.38. The van der Waals surface area contributed by atoms with Crippen LogP contribution < -0.4 is 10.6 Å². The van der Waals surface area contributed by atoms with E-state index in [9.17, 15) is 0 Å². The number of hydrogen-bond donors (Lipinski definition) is 2. The number of hydrogen-bond acceptors (Lipinski definition) is 4. The molecular weight excluding hydrogens is 252 g/mol. The van der Waals surface area contributed by atoms with Crippen molar-refractivity contribution in [1.82, 2.24) is 9.38 Å². The van der Waals surface area contributed by atoms with E-state index in [1.54, 1.807) is 0 Å². The molecule has 1 aliphatic carbocycles. The first kappa shape index (κ1) is 13.4. The SMILES string of the molecule is NCc1c(N(CCCO)C2CCC2)nc2ccccn12. The summed E-state index contributed by atoms with van der Waals surface area (Å²) in [5, 5.41) is 9.12. The highest BCUT2D eigenvalue weighted by atomic mass is 16.3. The van der Waals surface area contributed by atoms with Crippen LogP contribution in [-0.4, -0.2) is 33.7 Å². The molecule has 0 aliphatic heterocycles. The van der Waals surface area contributed by atoms with Crippen LogP contribution in [0.4, 0.5) is 5.82 Å². The highest BCUT2D eigenvalue weighted by molar-refractivity contribution is 5.56. The number of fused-ring (bicyclic) bond motifs is 1. The average molecular weight is 274 g/mol. The van der Waals surface area contributed by atoms with Crippen LogP contribution in [0.5, 0.6) is 0 Å². The second-order valence-electron chi connectivity index (χ2n) is 5.37. The summed E-state index contributed by atoms with van der Waals surface area (Å²) in [7, 11) is 0. The van der Waals surface area contributed by atoms with Gasteiger partial charge in [0.25, 0.3) is 0 Å². The minimum atomic E-state index is 0.217. The van der Waals surface area contributed by atoms with Gasteiger partial charge in [-0.1, -0.05) is 6.07 Å². The lowest BCUT2D eigenvalue weighted by atomic mass is 9.91. The highest BCUT2D eigenvalue weighted by Crippen LogP contribution is 2.31. The van der Waals surface area contributed by atoms with Crippen molar-refractivity contribution in [2.45, 2.75) is 38.3 Å². The van der Waals surface area contributed by atoms with Crippen LogP contribution in [0.1, 0.15) is 31.4 Å². The van der Waals surface area contributed by atoms with Gasteiger partial charge in [-0.05, 0) is 37.8 Å². The number of aliphatic hydroxyl groups is 1. The van der Waals surface area contributed by atoms with Crippen molar-refractivity contribution < 1.29 is 5.11 Å². The van der Waals surface area contributed by atoms with Crippen molar-refractivity contribution in [3.63, 3.8) is 0 Å². The van der Waals surface area contributed by atoms with Crippen LogP contribution in [-0.2, 0) is 6.54 Å². The molecule has 5 heteroatoms. The fraction of sp³-hybridized carbons (Fsp3) is 0.533. The maximum absolute atomic E-state index is 9.12. The minimum Gasteiger partial charge on any atom is -0.396 e. The molecule has 3 rings (SSSR count). The maximum atomic E-state index is 9.12. The molecule has 0 atom stereocenters. The molecule has 2 aromatic heterocycles. The molecule has 108 valence electrons. The summed E-state index contributed by atoms with van der Waals surface area (Å²) in [6, 6.07) is 6.55. The van der Waals surface area contributed by atoms with E-state index in [0.717, 1.165) is 30.1 Å². The summed E-state index contributed by atoms with van der Waals surface area (Å²) in [5.74, 6) is 0.997. The Kier molecular flexibility index (Phi) is 3.89. The second-order valence-corrected chi connectivity index (χ2v) is 5.37. The number of nitrogens with zero attached hydrogens (tertiary/aromatic N) is 3. The molecule has 5 nitrogen and oxygen atoms in total. The molecular formula is C15H22N4O. The Morgan fingerprint density at radius 1 is 1.40 bits per heavy atom. The Labute approximate surface area is 119 Å². The van der Waals surface area contributed by atoms with Gasteiger partial charge >= 0.3 is 0 Å². The molecule has 2 aromatic rings. The standard InChI is InChI=1S/C15H22N4O/c16-11-13-15(17-14-7-1-2-8-19(13)14)18(9-4-10-20)12-5-3-6-12/h1-2,7-8,12,20H,3-6,9-11,16H2. The Morgan fingerprint density at radius 2 is 2.25 bits per heavy atom. The number of pyridine rings is 1. The summed E-state index contributed by atoms with van der Waals surface area (Å²) in [4.78, 5) is 7.11. The molecule has 3 N–H and O–H groups in total. The molecule has 1 aliphatic rings. The van der Waals surface area contributed by atoms with Crippen LogP contribution in [0, 0.1) is 0 Å². The fourth-order valence-electron chi connectivity index (χ4n) is 2.85. The minimum absolute atomic E-state index is 0.217. The van der Waals surface area contributed by atoms with E-state index >= 15 is 0 Å². The van der Waals surface area contributed by atoms with E-state index in [1.807, 2.05) is 24.4 Å². The third-order valence-electron chi connectivity index (χ3n) is 4.15. The van der Waals surface area contributed by atoms with Gasteiger partial charge in [0, 0.05) is 31.9 Å². The summed E-state index contributed by atoms with van der Waals surface area (Å²) >= 11 is 0. The lowest BCUT2D eigenvalue weighted by molar-refractivity contribution is 0.282. The van der Waals surface area contributed by atoms with Gasteiger partial charge in [-0.25, -0.2) is 4.98 Å². The van der Waals surface area contributed by atoms with Crippen LogP contribution in [0.2, 0.25) is 0 Å². The van der Waals surface area contributed by atoms with Crippen molar-refractivity contribution in [2.75, 3.05) is 18.1 Å². The van der Waals surface area contributed by atoms with Gasteiger partial charge in [0.15, 0.2) is 5.82 Å². The zero-order chi connectivity index (χ0) is 13.9. The molecule has 0 saturated heterocycles. The molecule has 0 unspecified atom stereocenters. The lowest BCUT2D eigenvalue weighted by Crippen LogP contribution is -2.42. The average Bonchev–Trinajstić information content (AvgIpc) is 2.79. The van der Waals surface area contributed by atoms with Gasteiger partial charge in [0.1, 0.15) is 5.65 Å².